The first-order chi connectivity index (χ1) is 17.5. The molecule has 1 heterocycles. The summed E-state index contributed by atoms with van der Waals surface area (Å²) >= 11 is 0. The molecule has 3 aromatic carbocycles. The maximum Gasteiger partial charge on any atom is 0.255 e. The molecule has 0 aromatic heterocycles. The van der Waals surface area contributed by atoms with Crippen molar-refractivity contribution in [1.82, 2.24) is 4.90 Å². The van der Waals surface area contributed by atoms with E-state index in [1.165, 1.54) is 5.56 Å². The minimum Gasteiger partial charge on any atom is -0.493 e. The summed E-state index contributed by atoms with van der Waals surface area (Å²) in [6, 6.07) is 20.5. The molecule has 0 radical (unpaired) electrons. The Morgan fingerprint density at radius 3 is 2.36 bits per heavy atom. The molecule has 0 bridgehead atoms. The summed E-state index contributed by atoms with van der Waals surface area (Å²) in [6.07, 6.45) is 2.18. The SMILES string of the molecule is COc1cccc([C@H](O)C2CCN(CCc3ccc(C(=O)Nc4ccc(N)cc4)cc3)CC2)c1OC. The summed E-state index contributed by atoms with van der Waals surface area (Å²) in [5.74, 6) is 1.29. The maximum atomic E-state index is 12.5. The summed E-state index contributed by atoms with van der Waals surface area (Å²) in [5, 5.41) is 13.9. The quantitative estimate of drug-likeness (QED) is 0.382. The molecule has 0 aliphatic carbocycles. The molecule has 0 saturated carbocycles. The standard InChI is InChI=1S/C29H35N3O4/c1-35-26-5-3-4-25(28(26)36-2)27(33)21-15-18-32(19-16-21)17-14-20-6-8-22(9-7-20)29(34)31-24-12-10-23(30)11-13-24/h3-13,21,27,33H,14-19,30H2,1-2H3,(H,31,34)/t27-/m1/s1. The third-order valence-electron chi connectivity index (χ3n) is 6.93. The number of ether oxygens (including phenoxy) is 2. The van der Waals surface area contributed by atoms with Gasteiger partial charge in [-0.3, -0.25) is 4.79 Å². The van der Waals surface area contributed by atoms with Crippen LogP contribution in [-0.4, -0.2) is 49.8 Å². The van der Waals surface area contributed by atoms with Crippen molar-refractivity contribution < 1.29 is 19.4 Å². The fourth-order valence-corrected chi connectivity index (χ4v) is 4.77. The molecular weight excluding hydrogens is 454 g/mol. The number of carbonyl (C=O) groups is 1. The number of hydrogen-bond acceptors (Lipinski definition) is 6. The highest BCUT2D eigenvalue weighted by Crippen LogP contribution is 2.40. The van der Waals surface area contributed by atoms with E-state index in [2.05, 4.69) is 10.2 Å². The van der Waals surface area contributed by atoms with Gasteiger partial charge in [-0.25, -0.2) is 0 Å². The third kappa shape index (κ3) is 6.17. The summed E-state index contributed by atoms with van der Waals surface area (Å²) in [4.78, 5) is 14.9. The molecule has 1 atom stereocenters. The molecular formula is C29H35N3O4. The van der Waals surface area contributed by atoms with E-state index in [-0.39, 0.29) is 11.8 Å². The molecule has 190 valence electrons. The zero-order chi connectivity index (χ0) is 25.5. The van der Waals surface area contributed by atoms with E-state index in [1.54, 1.807) is 38.5 Å². The van der Waals surface area contributed by atoms with Gasteiger partial charge in [0.15, 0.2) is 11.5 Å². The number of nitrogen functional groups attached to an aromatic ring is 1. The summed E-state index contributed by atoms with van der Waals surface area (Å²) < 4.78 is 10.9. The molecule has 4 N–H and O–H groups in total. The monoisotopic (exact) mass is 489 g/mol. The van der Waals surface area contributed by atoms with Gasteiger partial charge in [0.25, 0.3) is 5.91 Å². The fourth-order valence-electron chi connectivity index (χ4n) is 4.77. The Bertz CT molecular complexity index is 1140. The van der Waals surface area contributed by atoms with Gasteiger partial charge in [0, 0.05) is 29.0 Å². The predicted octanol–water partition coefficient (Wildman–Crippen LogP) is 4.53. The summed E-state index contributed by atoms with van der Waals surface area (Å²) in [7, 11) is 3.21. The number of aliphatic hydroxyl groups is 1. The number of aliphatic hydroxyl groups excluding tert-OH is 1. The maximum absolute atomic E-state index is 12.5. The van der Waals surface area contributed by atoms with E-state index in [4.69, 9.17) is 15.2 Å². The topological polar surface area (TPSA) is 97.1 Å². The highest BCUT2D eigenvalue weighted by Gasteiger charge is 2.29. The molecule has 4 rings (SSSR count). The summed E-state index contributed by atoms with van der Waals surface area (Å²) in [5.41, 5.74) is 9.68. The lowest BCUT2D eigenvalue weighted by molar-refractivity contribution is 0.0572. The number of piperidine rings is 1. The molecule has 1 saturated heterocycles. The molecule has 0 unspecified atom stereocenters. The molecule has 7 nitrogen and oxygen atoms in total. The highest BCUT2D eigenvalue weighted by atomic mass is 16.5. The van der Waals surface area contributed by atoms with Gasteiger partial charge in [-0.15, -0.1) is 0 Å². The van der Waals surface area contributed by atoms with E-state index >= 15 is 0 Å². The number of benzene rings is 3. The van der Waals surface area contributed by atoms with Crippen LogP contribution in [-0.2, 0) is 6.42 Å². The number of hydrogen-bond donors (Lipinski definition) is 3. The van der Waals surface area contributed by atoms with Crippen LogP contribution in [0.1, 0.15) is 40.4 Å². The van der Waals surface area contributed by atoms with Gasteiger partial charge in [0.2, 0.25) is 0 Å². The average molecular weight is 490 g/mol. The van der Waals surface area contributed by atoms with Crippen molar-refractivity contribution in [2.45, 2.75) is 25.4 Å². The number of carbonyl (C=O) groups excluding carboxylic acids is 1. The predicted molar refractivity (Wildman–Crippen MR) is 143 cm³/mol. The second kappa shape index (κ2) is 11.9. The Morgan fingerprint density at radius 1 is 1.03 bits per heavy atom. The van der Waals surface area contributed by atoms with E-state index in [0.29, 0.717) is 22.7 Å². The first-order valence-electron chi connectivity index (χ1n) is 12.4. The highest BCUT2D eigenvalue weighted by molar-refractivity contribution is 6.04. The zero-order valence-electron chi connectivity index (χ0n) is 20.9. The normalized spacial score (nSPS) is 15.3. The Hall–Kier alpha value is -3.55. The van der Waals surface area contributed by atoms with Crippen molar-refractivity contribution in [3.8, 4) is 11.5 Å². The zero-order valence-corrected chi connectivity index (χ0v) is 20.9. The van der Waals surface area contributed by atoms with Crippen LogP contribution in [0.4, 0.5) is 11.4 Å². The number of nitrogens with zero attached hydrogens (tertiary/aromatic N) is 1. The van der Waals surface area contributed by atoms with Crippen LogP contribution in [0.5, 0.6) is 11.5 Å². The van der Waals surface area contributed by atoms with Gasteiger partial charge in [-0.05, 0) is 86.3 Å². The van der Waals surface area contributed by atoms with Gasteiger partial charge in [0.05, 0.1) is 20.3 Å². The van der Waals surface area contributed by atoms with Gasteiger partial charge in [0.1, 0.15) is 0 Å². The lowest BCUT2D eigenvalue weighted by Crippen LogP contribution is -2.36. The number of amides is 1. The van der Waals surface area contributed by atoms with Crippen LogP contribution in [0, 0.1) is 5.92 Å². The van der Waals surface area contributed by atoms with E-state index in [0.717, 1.165) is 50.1 Å². The van der Waals surface area contributed by atoms with Crippen LogP contribution < -0.4 is 20.5 Å². The van der Waals surface area contributed by atoms with Crippen molar-refractivity contribution in [3.63, 3.8) is 0 Å². The van der Waals surface area contributed by atoms with Gasteiger partial charge in [-0.1, -0.05) is 24.3 Å². The number of likely N-dealkylation sites (tertiary alicyclic amines) is 1. The fraction of sp³-hybridized carbons (Fsp3) is 0.345. The molecule has 7 heteroatoms. The number of nitrogens with one attached hydrogen (secondary N) is 1. The van der Waals surface area contributed by atoms with E-state index in [1.807, 2.05) is 42.5 Å². The number of para-hydroxylation sites is 1. The lowest BCUT2D eigenvalue weighted by Gasteiger charge is -2.34. The Morgan fingerprint density at radius 2 is 1.72 bits per heavy atom. The van der Waals surface area contributed by atoms with Gasteiger partial charge < -0.3 is 30.5 Å². The Labute approximate surface area is 212 Å². The molecule has 3 aromatic rings. The van der Waals surface area contributed by atoms with Crippen molar-refractivity contribution in [2.75, 3.05) is 44.9 Å². The number of rotatable bonds is 9. The van der Waals surface area contributed by atoms with Crippen LogP contribution in [0.3, 0.4) is 0 Å². The average Bonchev–Trinajstić information content (AvgIpc) is 2.92. The smallest absolute Gasteiger partial charge is 0.255 e. The van der Waals surface area contributed by atoms with Gasteiger partial charge in [-0.2, -0.15) is 0 Å². The van der Waals surface area contributed by atoms with Crippen LogP contribution in [0.25, 0.3) is 0 Å². The second-order valence-corrected chi connectivity index (χ2v) is 9.23. The van der Waals surface area contributed by atoms with Crippen molar-refractivity contribution in [3.05, 3.63) is 83.4 Å². The minimum atomic E-state index is -0.580. The van der Waals surface area contributed by atoms with Crippen molar-refractivity contribution >= 4 is 17.3 Å². The lowest BCUT2D eigenvalue weighted by atomic mass is 9.87. The molecule has 1 amide bonds. The second-order valence-electron chi connectivity index (χ2n) is 9.23. The molecule has 1 aliphatic heterocycles. The van der Waals surface area contributed by atoms with Crippen molar-refractivity contribution in [2.24, 2.45) is 5.92 Å². The number of anilines is 2. The minimum absolute atomic E-state index is 0.139. The first-order valence-corrected chi connectivity index (χ1v) is 12.4. The molecule has 1 fully saturated rings. The Kier molecular flexibility index (Phi) is 8.46. The van der Waals surface area contributed by atoms with Gasteiger partial charge >= 0.3 is 0 Å². The number of nitrogens with two attached hydrogens (primary N) is 1. The largest absolute Gasteiger partial charge is 0.493 e. The summed E-state index contributed by atoms with van der Waals surface area (Å²) in [6.45, 7) is 2.83. The van der Waals surface area contributed by atoms with Crippen LogP contribution in [0.15, 0.2) is 66.7 Å². The molecule has 36 heavy (non-hydrogen) atoms. The molecule has 0 spiro atoms. The molecule has 1 aliphatic rings. The number of methoxy groups -OCH3 is 2. The first kappa shape index (κ1) is 25.5. The van der Waals surface area contributed by atoms with Crippen molar-refractivity contribution in [1.29, 1.82) is 0 Å². The van der Waals surface area contributed by atoms with Crippen LogP contribution >= 0.6 is 0 Å². The Balaban J connectivity index is 1.25. The van der Waals surface area contributed by atoms with E-state index < -0.39 is 6.10 Å². The van der Waals surface area contributed by atoms with Crippen LogP contribution in [0.2, 0.25) is 0 Å². The third-order valence-corrected chi connectivity index (χ3v) is 6.93. The van der Waals surface area contributed by atoms with E-state index in [9.17, 15) is 9.90 Å².